The van der Waals surface area contributed by atoms with Crippen LogP contribution in [0, 0.1) is 17.8 Å². The molecule has 5 N–H and O–H groups in total. The van der Waals surface area contributed by atoms with Crippen molar-refractivity contribution in [3.8, 4) is 0 Å². The van der Waals surface area contributed by atoms with Gasteiger partial charge in [-0.2, -0.15) is 0 Å². The fourth-order valence-corrected chi connectivity index (χ4v) is 8.64. The van der Waals surface area contributed by atoms with Crippen molar-refractivity contribution < 1.29 is 24.2 Å². The zero-order valence-corrected chi connectivity index (χ0v) is 27.6. The van der Waals surface area contributed by atoms with Gasteiger partial charge in [0.25, 0.3) is 0 Å². The van der Waals surface area contributed by atoms with Crippen molar-refractivity contribution in [2.75, 3.05) is 65.7 Å². The second-order valence-electron chi connectivity index (χ2n) is 14.9. The lowest BCUT2D eigenvalue weighted by Crippen LogP contribution is -2.67. The number of nitrogens with zero attached hydrogens (tertiary/aromatic N) is 3. The number of carbonyl (C=O) groups is 2. The van der Waals surface area contributed by atoms with Crippen LogP contribution in [0.5, 0.6) is 0 Å². The number of hydrogen-bond donors (Lipinski definition) is 5. The average Bonchev–Trinajstić information content (AvgIpc) is 3.44. The van der Waals surface area contributed by atoms with E-state index in [0.29, 0.717) is 56.8 Å². The zero-order chi connectivity index (χ0) is 31.3. The highest BCUT2D eigenvalue weighted by Crippen LogP contribution is 2.37. The Hall–Kier alpha value is -1.38. The highest BCUT2D eigenvalue weighted by atomic mass is 16.5. The van der Waals surface area contributed by atoms with Gasteiger partial charge in [-0.15, -0.1) is 0 Å². The molecule has 9 atom stereocenters. The van der Waals surface area contributed by atoms with Gasteiger partial charge in [0.05, 0.1) is 44.0 Å². The Labute approximate surface area is 269 Å². The van der Waals surface area contributed by atoms with Gasteiger partial charge in [-0.3, -0.25) is 30.4 Å². The summed E-state index contributed by atoms with van der Waals surface area (Å²) in [6.45, 7) is 11.6. The number of piperidine rings is 3. The fraction of sp³-hybridized carbons (Fsp3) is 0.939. The maximum atomic E-state index is 13.5. The first kappa shape index (κ1) is 33.5. The van der Waals surface area contributed by atoms with Crippen LogP contribution in [0.15, 0.2) is 0 Å². The van der Waals surface area contributed by atoms with E-state index in [0.717, 1.165) is 65.0 Å². The molecule has 5 saturated heterocycles. The number of amides is 2. The van der Waals surface area contributed by atoms with Crippen molar-refractivity contribution in [3.05, 3.63) is 0 Å². The van der Waals surface area contributed by atoms with Crippen LogP contribution in [0.2, 0.25) is 0 Å². The van der Waals surface area contributed by atoms with Crippen molar-refractivity contribution in [2.24, 2.45) is 17.8 Å². The van der Waals surface area contributed by atoms with E-state index in [4.69, 9.17) is 9.47 Å². The van der Waals surface area contributed by atoms with Crippen molar-refractivity contribution in [1.82, 2.24) is 36.0 Å². The number of aliphatic hydroxyl groups excluding tert-OH is 1. The second kappa shape index (κ2) is 15.7. The van der Waals surface area contributed by atoms with Crippen LogP contribution in [0.4, 0.5) is 0 Å². The quantitative estimate of drug-likeness (QED) is 0.216. The van der Waals surface area contributed by atoms with E-state index in [1.807, 2.05) is 4.90 Å². The van der Waals surface area contributed by atoms with E-state index in [1.165, 1.54) is 25.7 Å². The summed E-state index contributed by atoms with van der Waals surface area (Å²) in [4.78, 5) is 31.9. The van der Waals surface area contributed by atoms with Crippen molar-refractivity contribution in [3.63, 3.8) is 0 Å². The Balaban J connectivity index is 0.922. The molecule has 1 aliphatic carbocycles. The molecule has 256 valence electrons. The lowest BCUT2D eigenvalue weighted by molar-refractivity contribution is -0.134. The van der Waals surface area contributed by atoms with E-state index in [2.05, 4.69) is 38.0 Å². The normalized spacial score (nSPS) is 37.5. The van der Waals surface area contributed by atoms with Gasteiger partial charge in [0, 0.05) is 57.6 Å². The van der Waals surface area contributed by atoms with E-state index >= 15 is 0 Å². The lowest BCUT2D eigenvalue weighted by atomic mass is 9.74. The lowest BCUT2D eigenvalue weighted by Gasteiger charge is -2.46. The molecule has 6 rings (SSSR count). The number of carbonyl (C=O) groups excluding carboxylic acids is 2. The molecule has 0 bridgehead atoms. The largest absolute Gasteiger partial charge is 0.390 e. The fourth-order valence-electron chi connectivity index (χ4n) is 8.64. The van der Waals surface area contributed by atoms with E-state index in [9.17, 15) is 14.7 Å². The first-order chi connectivity index (χ1) is 21.8. The third kappa shape index (κ3) is 8.95. The van der Waals surface area contributed by atoms with Crippen LogP contribution in [-0.2, 0) is 19.1 Å². The summed E-state index contributed by atoms with van der Waals surface area (Å²) in [6.07, 6.45) is 9.84. The van der Waals surface area contributed by atoms with Gasteiger partial charge in [-0.1, -0.05) is 6.42 Å². The van der Waals surface area contributed by atoms with Gasteiger partial charge < -0.3 is 29.7 Å². The van der Waals surface area contributed by atoms with Crippen LogP contribution in [0.25, 0.3) is 0 Å². The summed E-state index contributed by atoms with van der Waals surface area (Å²) in [5.41, 5.74) is 0. The number of fused-ring (bicyclic) bond motifs is 1. The summed E-state index contributed by atoms with van der Waals surface area (Å²) in [7, 11) is 0. The molecule has 5 aliphatic heterocycles. The molecule has 6 aliphatic rings. The van der Waals surface area contributed by atoms with Crippen molar-refractivity contribution in [1.29, 1.82) is 0 Å². The monoisotopic (exact) mass is 633 g/mol. The van der Waals surface area contributed by atoms with Gasteiger partial charge in [0.2, 0.25) is 11.8 Å². The summed E-state index contributed by atoms with van der Waals surface area (Å²) >= 11 is 0. The first-order valence-corrected chi connectivity index (χ1v) is 18.0. The predicted molar refractivity (Wildman–Crippen MR) is 171 cm³/mol. The minimum absolute atomic E-state index is 0.0313. The molecule has 1 saturated carbocycles. The van der Waals surface area contributed by atoms with Gasteiger partial charge in [-0.25, -0.2) is 0 Å². The minimum atomic E-state index is -0.576. The molecular weight excluding hydrogens is 574 g/mol. The first-order valence-electron chi connectivity index (χ1n) is 18.0. The maximum Gasteiger partial charge on any atom is 0.223 e. The molecule has 0 aromatic carbocycles. The van der Waals surface area contributed by atoms with Crippen molar-refractivity contribution >= 4 is 11.8 Å². The van der Waals surface area contributed by atoms with E-state index < -0.39 is 6.10 Å². The van der Waals surface area contributed by atoms with Gasteiger partial charge in [0.15, 0.2) is 0 Å². The highest BCUT2D eigenvalue weighted by Gasteiger charge is 2.39. The molecule has 5 heterocycles. The predicted octanol–water partition coefficient (Wildman–Crippen LogP) is 0.263. The smallest absolute Gasteiger partial charge is 0.223 e. The molecular formula is C33H59N7O5. The summed E-state index contributed by atoms with van der Waals surface area (Å²) in [5.74, 6) is 1.41. The third-order valence-electron chi connectivity index (χ3n) is 11.5. The van der Waals surface area contributed by atoms with Crippen LogP contribution in [-0.4, -0.2) is 140 Å². The third-order valence-corrected chi connectivity index (χ3v) is 11.5. The highest BCUT2D eigenvalue weighted by molar-refractivity contribution is 5.79. The average molecular weight is 634 g/mol. The SMILES string of the molecule is CC(=O)N1CC(NC2CC(C(=O)NC[C@H](O)CN3CCC4CC(OCC5OCNC5C)CCC4C3)CC(N3CCCCC3)N2)C1. The molecule has 0 aromatic rings. The van der Waals surface area contributed by atoms with Crippen LogP contribution >= 0.6 is 0 Å². The standard InChI is InChI=1S/C33H59N7O5/c1-22-30(45-21-35-22)20-44-29-7-6-25-16-38(11-8-24(25)12-29)19-28(42)15-34-33(43)26-13-31(36-27-17-40(18-27)23(2)41)37-32(14-26)39-9-4-3-5-10-39/h22,24-32,35-37,42H,3-21H2,1-2H3,(H,34,43)/t22?,24?,25?,26?,28-,29?,30?,31?,32?/m0/s1. The summed E-state index contributed by atoms with van der Waals surface area (Å²) < 4.78 is 12.0. The summed E-state index contributed by atoms with van der Waals surface area (Å²) in [6, 6.07) is 0.612. The number of nitrogens with one attached hydrogen (secondary N) is 4. The van der Waals surface area contributed by atoms with E-state index in [1.54, 1.807) is 6.92 Å². The molecule has 2 amide bonds. The molecule has 0 radical (unpaired) electrons. The van der Waals surface area contributed by atoms with Crippen LogP contribution in [0.1, 0.15) is 71.6 Å². The Bertz CT molecular complexity index is 979. The van der Waals surface area contributed by atoms with Gasteiger partial charge in [0.1, 0.15) is 0 Å². The zero-order valence-electron chi connectivity index (χ0n) is 27.6. The number of rotatable bonds is 11. The molecule has 12 heteroatoms. The van der Waals surface area contributed by atoms with Crippen LogP contribution < -0.4 is 21.3 Å². The maximum absolute atomic E-state index is 13.5. The minimum Gasteiger partial charge on any atom is -0.390 e. The molecule has 8 unspecified atom stereocenters. The van der Waals surface area contributed by atoms with E-state index in [-0.39, 0.29) is 42.2 Å². The summed E-state index contributed by atoms with van der Waals surface area (Å²) in [5, 5.41) is 24.8. The molecule has 0 aromatic heterocycles. The number of hydrogen-bond acceptors (Lipinski definition) is 10. The number of aliphatic hydroxyl groups is 1. The number of ether oxygens (including phenoxy) is 2. The molecule has 0 spiro atoms. The van der Waals surface area contributed by atoms with Crippen LogP contribution in [0.3, 0.4) is 0 Å². The molecule has 6 fully saturated rings. The number of β-amino-alcohol motifs (C(OH)–C–C–N with tert-alkyl or cyclic N) is 1. The Kier molecular flexibility index (Phi) is 11.7. The topological polar surface area (TPSA) is 131 Å². The van der Waals surface area contributed by atoms with Gasteiger partial charge in [-0.05, 0) is 89.8 Å². The molecule has 45 heavy (non-hydrogen) atoms. The Morgan fingerprint density at radius 1 is 1.02 bits per heavy atom. The molecule has 12 nitrogen and oxygen atoms in total. The Morgan fingerprint density at radius 2 is 1.84 bits per heavy atom. The van der Waals surface area contributed by atoms with Gasteiger partial charge >= 0.3 is 0 Å². The van der Waals surface area contributed by atoms with Crippen molar-refractivity contribution in [2.45, 2.75) is 114 Å². The second-order valence-corrected chi connectivity index (χ2v) is 14.9. The Morgan fingerprint density at radius 3 is 2.60 bits per heavy atom. The number of likely N-dealkylation sites (tertiary alicyclic amines) is 3.